The van der Waals surface area contributed by atoms with Crippen molar-refractivity contribution in [2.24, 2.45) is 17.8 Å². The van der Waals surface area contributed by atoms with E-state index in [4.69, 9.17) is 23.8 Å². The number of aromatic nitrogens is 1. The highest BCUT2D eigenvalue weighted by Gasteiger charge is 2.51. The van der Waals surface area contributed by atoms with Gasteiger partial charge in [0.05, 0.1) is 5.69 Å². The molecular weight excluding hydrogens is 538 g/mol. The van der Waals surface area contributed by atoms with Crippen molar-refractivity contribution in [3.8, 4) is 5.69 Å². The lowest BCUT2D eigenvalue weighted by atomic mass is 9.48. The number of hydrogen-bond acceptors (Lipinski definition) is 3. The number of carbonyl (C=O) groups is 2. The number of rotatable bonds is 4. The quantitative estimate of drug-likeness (QED) is 0.208. The maximum atomic E-state index is 13.5. The molecule has 2 heterocycles. The van der Waals surface area contributed by atoms with Gasteiger partial charge in [0.15, 0.2) is 5.11 Å². The summed E-state index contributed by atoms with van der Waals surface area (Å²) in [5.41, 5.74) is 6.33. The molecule has 40 heavy (non-hydrogen) atoms. The van der Waals surface area contributed by atoms with Crippen LogP contribution in [0.2, 0.25) is 5.02 Å². The molecule has 5 aliphatic rings. The van der Waals surface area contributed by atoms with Gasteiger partial charge in [-0.15, -0.1) is 0 Å². The molecule has 1 aromatic heterocycles. The van der Waals surface area contributed by atoms with E-state index in [2.05, 4.69) is 41.1 Å². The molecule has 2 amide bonds. The molecule has 7 heteroatoms. The van der Waals surface area contributed by atoms with E-state index in [1.807, 2.05) is 13.0 Å². The van der Waals surface area contributed by atoms with Crippen molar-refractivity contribution >= 4 is 52.5 Å². The van der Waals surface area contributed by atoms with Crippen molar-refractivity contribution < 1.29 is 9.59 Å². The van der Waals surface area contributed by atoms with Crippen molar-refractivity contribution in [3.63, 3.8) is 0 Å². The Labute approximate surface area is 245 Å². The number of hydrogen-bond donors (Lipinski definition) is 1. The van der Waals surface area contributed by atoms with Gasteiger partial charge in [0.1, 0.15) is 5.57 Å². The molecule has 4 saturated carbocycles. The van der Waals surface area contributed by atoms with Gasteiger partial charge in [0.2, 0.25) is 0 Å². The Bertz CT molecular complexity index is 1570. The van der Waals surface area contributed by atoms with E-state index in [0.717, 1.165) is 40.4 Å². The Hall–Kier alpha value is -3.22. The first-order chi connectivity index (χ1) is 19.2. The Morgan fingerprint density at radius 1 is 0.925 bits per heavy atom. The molecule has 2 aromatic carbocycles. The first-order valence-corrected chi connectivity index (χ1v) is 15.0. The van der Waals surface area contributed by atoms with Crippen LogP contribution in [0.25, 0.3) is 11.8 Å². The lowest BCUT2D eigenvalue weighted by Crippen LogP contribution is -2.54. The van der Waals surface area contributed by atoms with Crippen molar-refractivity contribution in [2.45, 2.75) is 57.8 Å². The number of anilines is 1. The maximum absolute atomic E-state index is 13.5. The maximum Gasteiger partial charge on any atom is 0.270 e. The summed E-state index contributed by atoms with van der Waals surface area (Å²) in [6.45, 7) is 4.08. The van der Waals surface area contributed by atoms with Gasteiger partial charge in [-0.3, -0.25) is 19.8 Å². The van der Waals surface area contributed by atoms with E-state index in [9.17, 15) is 9.59 Å². The van der Waals surface area contributed by atoms with Gasteiger partial charge < -0.3 is 4.57 Å². The molecule has 5 nitrogen and oxygen atoms in total. The zero-order chi connectivity index (χ0) is 27.8. The monoisotopic (exact) mass is 569 g/mol. The van der Waals surface area contributed by atoms with Crippen molar-refractivity contribution in [1.29, 1.82) is 0 Å². The molecule has 5 fully saturated rings. The number of benzene rings is 2. The summed E-state index contributed by atoms with van der Waals surface area (Å²) < 4.78 is 2.19. The predicted octanol–water partition coefficient (Wildman–Crippen LogP) is 7.05. The second kappa shape index (κ2) is 9.42. The minimum absolute atomic E-state index is 0.0333. The number of carbonyl (C=O) groups excluding carboxylic acids is 2. The Balaban J connectivity index is 1.19. The molecule has 0 spiro atoms. The molecule has 4 bridgehead atoms. The smallest absolute Gasteiger partial charge is 0.270 e. The zero-order valence-corrected chi connectivity index (χ0v) is 24.3. The average Bonchev–Trinajstić information content (AvgIpc) is 3.18. The van der Waals surface area contributed by atoms with E-state index in [0.29, 0.717) is 16.1 Å². The highest BCUT2D eigenvalue weighted by Crippen LogP contribution is 2.60. The number of nitrogens with zero attached hydrogens (tertiary/aromatic N) is 2. The molecule has 3 aromatic rings. The van der Waals surface area contributed by atoms with Gasteiger partial charge in [0, 0.05) is 22.1 Å². The first-order valence-electron chi connectivity index (χ1n) is 14.2. The van der Waals surface area contributed by atoms with Crippen LogP contribution in [0.5, 0.6) is 0 Å². The number of amides is 2. The van der Waals surface area contributed by atoms with Gasteiger partial charge in [-0.05, 0) is 141 Å². The number of aryl methyl sites for hydroxylation is 1. The summed E-state index contributed by atoms with van der Waals surface area (Å²) in [6, 6.07) is 18.1. The van der Waals surface area contributed by atoms with Crippen LogP contribution in [0.15, 0.2) is 60.2 Å². The molecular formula is C33H32ClN3O2S. The number of thiocarbonyl (C=S) groups is 1. The third-order valence-corrected chi connectivity index (χ3v) is 10.2. The summed E-state index contributed by atoms with van der Waals surface area (Å²) >= 11 is 11.5. The van der Waals surface area contributed by atoms with Crippen LogP contribution in [-0.2, 0) is 15.0 Å². The van der Waals surface area contributed by atoms with Gasteiger partial charge in [-0.25, -0.2) is 0 Å². The van der Waals surface area contributed by atoms with Crippen LogP contribution in [0.4, 0.5) is 5.69 Å². The van der Waals surface area contributed by atoms with Gasteiger partial charge in [-0.2, -0.15) is 0 Å². The van der Waals surface area contributed by atoms with Crippen molar-refractivity contribution in [3.05, 3.63) is 87.7 Å². The predicted molar refractivity (Wildman–Crippen MR) is 163 cm³/mol. The second-order valence-electron chi connectivity index (χ2n) is 12.3. The summed E-state index contributed by atoms with van der Waals surface area (Å²) in [5.74, 6) is 1.77. The summed E-state index contributed by atoms with van der Waals surface area (Å²) in [7, 11) is 0. The molecule has 1 aliphatic heterocycles. The van der Waals surface area contributed by atoms with Gasteiger partial charge in [0.25, 0.3) is 11.8 Å². The fourth-order valence-electron chi connectivity index (χ4n) is 8.42. The number of nitrogens with one attached hydrogen (secondary N) is 1. The van der Waals surface area contributed by atoms with Crippen molar-refractivity contribution in [1.82, 2.24) is 9.88 Å². The minimum Gasteiger partial charge on any atom is -0.318 e. The van der Waals surface area contributed by atoms with E-state index < -0.39 is 11.8 Å². The minimum atomic E-state index is -0.502. The van der Waals surface area contributed by atoms with Gasteiger partial charge >= 0.3 is 0 Å². The molecule has 0 radical (unpaired) electrons. The van der Waals surface area contributed by atoms with Crippen LogP contribution in [0.1, 0.15) is 61.0 Å². The van der Waals surface area contributed by atoms with Gasteiger partial charge in [-0.1, -0.05) is 29.8 Å². The second-order valence-corrected chi connectivity index (χ2v) is 13.2. The summed E-state index contributed by atoms with van der Waals surface area (Å²) in [6.07, 6.45) is 10.1. The normalized spacial score (nSPS) is 28.5. The molecule has 4 aliphatic carbocycles. The Kier molecular flexibility index (Phi) is 6.06. The standard InChI is InChI=1S/C33H32ClN3O2S/c1-19-10-24(14-29-30(38)35-32(40)37(31(29)39)28-5-3-4-26(34)15-28)20(2)36(19)27-8-6-25(7-9-27)33-16-21-11-22(17-33)13-23(12-21)18-33/h3-10,14-15,21-23H,11-13,16-18H2,1-2H3,(H,35,38,40)/b29-14+. The lowest BCUT2D eigenvalue weighted by Gasteiger charge is -2.57. The fourth-order valence-corrected chi connectivity index (χ4v) is 8.89. The number of halogens is 1. The molecule has 8 rings (SSSR count). The highest BCUT2D eigenvalue weighted by molar-refractivity contribution is 7.80. The third-order valence-electron chi connectivity index (χ3n) is 9.71. The molecule has 1 N–H and O–H groups in total. The molecule has 0 unspecified atom stereocenters. The first kappa shape index (κ1) is 25.7. The van der Waals surface area contributed by atoms with Crippen LogP contribution >= 0.6 is 23.8 Å². The average molecular weight is 570 g/mol. The third kappa shape index (κ3) is 4.15. The van der Waals surface area contributed by atoms with Crippen LogP contribution < -0.4 is 10.2 Å². The highest BCUT2D eigenvalue weighted by atomic mass is 35.5. The van der Waals surface area contributed by atoms with Crippen LogP contribution in [0.3, 0.4) is 0 Å². The van der Waals surface area contributed by atoms with Crippen molar-refractivity contribution in [2.75, 3.05) is 4.90 Å². The lowest BCUT2D eigenvalue weighted by molar-refractivity contribution is -0.122. The van der Waals surface area contributed by atoms with E-state index in [1.165, 1.54) is 49.0 Å². The SMILES string of the molecule is Cc1cc(/C=C2\C(=O)NC(=S)N(c3cccc(Cl)c3)C2=O)c(C)n1-c1ccc(C23CC4CC(CC(C4)C2)C3)cc1. The summed E-state index contributed by atoms with van der Waals surface area (Å²) in [4.78, 5) is 27.7. The Morgan fingerprint density at radius 2 is 1.57 bits per heavy atom. The summed E-state index contributed by atoms with van der Waals surface area (Å²) in [5, 5.41) is 3.18. The zero-order valence-electron chi connectivity index (χ0n) is 22.7. The topological polar surface area (TPSA) is 54.3 Å². The van der Waals surface area contributed by atoms with E-state index in [-0.39, 0.29) is 10.7 Å². The molecule has 1 saturated heterocycles. The fraction of sp³-hybridized carbons (Fsp3) is 0.364. The van der Waals surface area contributed by atoms with Crippen LogP contribution in [-0.4, -0.2) is 21.5 Å². The van der Waals surface area contributed by atoms with E-state index >= 15 is 0 Å². The van der Waals surface area contributed by atoms with E-state index in [1.54, 1.807) is 30.3 Å². The molecule has 204 valence electrons. The Morgan fingerprint density at radius 3 is 2.20 bits per heavy atom. The van der Waals surface area contributed by atoms with Crippen LogP contribution in [0, 0.1) is 31.6 Å². The largest absolute Gasteiger partial charge is 0.318 e. The molecule has 0 atom stereocenters.